The van der Waals surface area contributed by atoms with Crippen molar-refractivity contribution < 1.29 is 9.53 Å². The van der Waals surface area contributed by atoms with E-state index >= 15 is 0 Å². The van der Waals surface area contributed by atoms with Crippen LogP contribution in [0.1, 0.15) is 56.6 Å². The Morgan fingerprint density at radius 3 is 2.65 bits per heavy atom. The van der Waals surface area contributed by atoms with Crippen LogP contribution in [0.2, 0.25) is 0 Å². The minimum Gasteiger partial charge on any atom is -0.489 e. The minimum atomic E-state index is -0.0331. The number of hydrogen-bond donors (Lipinski definition) is 1. The fourth-order valence-corrected chi connectivity index (χ4v) is 2.55. The quantitative estimate of drug-likeness (QED) is 0.348. The van der Waals surface area contributed by atoms with E-state index in [1.165, 1.54) is 19.3 Å². The minimum absolute atomic E-state index is 0.0331. The van der Waals surface area contributed by atoms with Gasteiger partial charge in [0.2, 0.25) is 5.91 Å². The molecular weight excluding hydrogens is 324 g/mol. The maximum absolute atomic E-state index is 11.7. The molecule has 1 N–H and O–H groups in total. The van der Waals surface area contributed by atoms with Crippen LogP contribution in [0, 0.1) is 0 Å². The molecule has 0 aliphatic rings. The van der Waals surface area contributed by atoms with Crippen LogP contribution in [-0.4, -0.2) is 12.1 Å². The standard InChI is InChI=1S/C22H28N2O2/c1-2-3-4-5-9-15-22(25)24-23-17-20-13-10-14-21(16-20)26-18-19-11-7-6-8-12-19/h6-8,10-14,16-17H,2-5,9,15,18H2,1H3,(H,24,25)/b23-17-. The van der Waals surface area contributed by atoms with Gasteiger partial charge in [0.1, 0.15) is 12.4 Å². The molecule has 4 heteroatoms. The van der Waals surface area contributed by atoms with Crippen molar-refractivity contribution in [2.24, 2.45) is 5.10 Å². The third-order valence-electron chi connectivity index (χ3n) is 4.02. The highest BCUT2D eigenvalue weighted by Crippen LogP contribution is 2.14. The van der Waals surface area contributed by atoms with Crippen LogP contribution in [0.5, 0.6) is 5.75 Å². The summed E-state index contributed by atoms with van der Waals surface area (Å²) in [7, 11) is 0. The molecule has 0 aliphatic carbocycles. The van der Waals surface area contributed by atoms with Crippen LogP contribution in [0.15, 0.2) is 59.7 Å². The summed E-state index contributed by atoms with van der Waals surface area (Å²) in [6, 6.07) is 17.7. The average molecular weight is 352 g/mol. The van der Waals surface area contributed by atoms with Gasteiger partial charge in [-0.2, -0.15) is 5.10 Å². The largest absolute Gasteiger partial charge is 0.489 e. The third-order valence-corrected chi connectivity index (χ3v) is 4.02. The van der Waals surface area contributed by atoms with E-state index < -0.39 is 0 Å². The molecule has 1 amide bonds. The van der Waals surface area contributed by atoms with Crippen LogP contribution in [0.25, 0.3) is 0 Å². The molecule has 0 aromatic heterocycles. The first kappa shape index (κ1) is 19.7. The van der Waals surface area contributed by atoms with Gasteiger partial charge in [0.15, 0.2) is 0 Å². The number of nitrogens with one attached hydrogen (secondary N) is 1. The molecule has 2 aromatic carbocycles. The molecule has 0 aliphatic heterocycles. The summed E-state index contributed by atoms with van der Waals surface area (Å²) < 4.78 is 5.80. The van der Waals surface area contributed by atoms with Gasteiger partial charge < -0.3 is 4.74 Å². The highest BCUT2D eigenvalue weighted by Gasteiger charge is 2.00. The molecule has 2 rings (SSSR count). The molecule has 138 valence electrons. The van der Waals surface area contributed by atoms with Gasteiger partial charge in [-0.05, 0) is 29.7 Å². The monoisotopic (exact) mass is 352 g/mol. The molecule has 0 atom stereocenters. The molecule has 0 fully saturated rings. The van der Waals surface area contributed by atoms with Gasteiger partial charge in [0.25, 0.3) is 0 Å². The number of rotatable bonds is 11. The summed E-state index contributed by atoms with van der Waals surface area (Å²) in [5.74, 6) is 0.745. The first-order chi connectivity index (χ1) is 12.8. The van der Waals surface area contributed by atoms with E-state index in [-0.39, 0.29) is 5.91 Å². The number of amides is 1. The summed E-state index contributed by atoms with van der Waals surface area (Å²) in [5, 5.41) is 4.04. The zero-order chi connectivity index (χ0) is 18.5. The Morgan fingerprint density at radius 2 is 1.85 bits per heavy atom. The normalized spacial score (nSPS) is 10.8. The second kappa shape index (κ2) is 11.9. The van der Waals surface area contributed by atoms with Gasteiger partial charge in [-0.25, -0.2) is 5.43 Å². The summed E-state index contributed by atoms with van der Waals surface area (Å²) in [5.41, 5.74) is 4.60. The number of carbonyl (C=O) groups is 1. The van der Waals surface area contributed by atoms with Crippen LogP contribution >= 0.6 is 0 Å². The Bertz CT molecular complexity index is 684. The zero-order valence-corrected chi connectivity index (χ0v) is 15.5. The number of hydrogen-bond acceptors (Lipinski definition) is 3. The van der Waals surface area contributed by atoms with E-state index in [4.69, 9.17) is 4.74 Å². The Labute approximate surface area is 156 Å². The SMILES string of the molecule is CCCCCCCC(=O)N/N=C\c1cccc(OCc2ccccc2)c1. The van der Waals surface area contributed by atoms with E-state index in [0.717, 1.165) is 29.7 Å². The number of benzene rings is 2. The molecule has 0 saturated heterocycles. The van der Waals surface area contributed by atoms with E-state index in [1.54, 1.807) is 6.21 Å². The fraction of sp³-hybridized carbons (Fsp3) is 0.364. The van der Waals surface area contributed by atoms with Crippen LogP contribution < -0.4 is 10.2 Å². The van der Waals surface area contributed by atoms with Gasteiger partial charge >= 0.3 is 0 Å². The smallest absolute Gasteiger partial charge is 0.240 e. The topological polar surface area (TPSA) is 50.7 Å². The lowest BCUT2D eigenvalue weighted by Gasteiger charge is -2.06. The molecule has 4 nitrogen and oxygen atoms in total. The number of hydrazone groups is 1. The van der Waals surface area contributed by atoms with Crippen molar-refractivity contribution >= 4 is 12.1 Å². The average Bonchev–Trinajstić information content (AvgIpc) is 2.67. The molecule has 0 spiro atoms. The fourth-order valence-electron chi connectivity index (χ4n) is 2.55. The lowest BCUT2D eigenvalue weighted by atomic mass is 10.1. The van der Waals surface area contributed by atoms with Crippen molar-refractivity contribution in [2.75, 3.05) is 0 Å². The predicted molar refractivity (Wildman–Crippen MR) is 106 cm³/mol. The van der Waals surface area contributed by atoms with Crippen molar-refractivity contribution in [1.82, 2.24) is 5.43 Å². The molecule has 0 saturated carbocycles. The van der Waals surface area contributed by atoms with Crippen molar-refractivity contribution in [3.63, 3.8) is 0 Å². The summed E-state index contributed by atoms with van der Waals surface area (Å²) in [6.07, 6.45) is 7.84. The van der Waals surface area contributed by atoms with Gasteiger partial charge in [-0.15, -0.1) is 0 Å². The molecule has 0 unspecified atom stereocenters. The maximum Gasteiger partial charge on any atom is 0.240 e. The Morgan fingerprint density at radius 1 is 1.04 bits per heavy atom. The summed E-state index contributed by atoms with van der Waals surface area (Å²) in [4.78, 5) is 11.7. The number of carbonyl (C=O) groups excluding carboxylic acids is 1. The number of unbranched alkanes of at least 4 members (excludes halogenated alkanes) is 4. The summed E-state index contributed by atoms with van der Waals surface area (Å²) >= 11 is 0. The van der Waals surface area contributed by atoms with Gasteiger partial charge in [-0.1, -0.05) is 75.1 Å². The van der Waals surface area contributed by atoms with Gasteiger partial charge in [0.05, 0.1) is 6.21 Å². The Hall–Kier alpha value is -2.62. The van der Waals surface area contributed by atoms with Crippen molar-refractivity contribution in [3.8, 4) is 5.75 Å². The van der Waals surface area contributed by atoms with Crippen LogP contribution in [-0.2, 0) is 11.4 Å². The van der Waals surface area contributed by atoms with Crippen molar-refractivity contribution in [3.05, 3.63) is 65.7 Å². The van der Waals surface area contributed by atoms with Gasteiger partial charge in [0, 0.05) is 6.42 Å². The van der Waals surface area contributed by atoms with Crippen LogP contribution in [0.4, 0.5) is 0 Å². The Kier molecular flexibility index (Phi) is 8.98. The number of nitrogens with zero attached hydrogens (tertiary/aromatic N) is 1. The molecule has 0 bridgehead atoms. The zero-order valence-electron chi connectivity index (χ0n) is 15.5. The second-order valence-electron chi connectivity index (χ2n) is 6.30. The Balaban J connectivity index is 1.73. The lowest BCUT2D eigenvalue weighted by Crippen LogP contribution is -2.16. The van der Waals surface area contributed by atoms with E-state index in [9.17, 15) is 4.79 Å². The first-order valence-corrected chi connectivity index (χ1v) is 9.36. The van der Waals surface area contributed by atoms with Gasteiger partial charge in [-0.3, -0.25) is 4.79 Å². The molecule has 26 heavy (non-hydrogen) atoms. The number of ether oxygens (including phenoxy) is 1. The van der Waals surface area contributed by atoms with Crippen LogP contribution in [0.3, 0.4) is 0 Å². The highest BCUT2D eigenvalue weighted by molar-refractivity contribution is 5.82. The lowest BCUT2D eigenvalue weighted by molar-refractivity contribution is -0.121. The van der Waals surface area contributed by atoms with Crippen molar-refractivity contribution in [2.45, 2.75) is 52.1 Å². The van der Waals surface area contributed by atoms with E-state index in [2.05, 4.69) is 17.5 Å². The first-order valence-electron chi connectivity index (χ1n) is 9.36. The molecular formula is C22H28N2O2. The van der Waals surface area contributed by atoms with Crippen molar-refractivity contribution in [1.29, 1.82) is 0 Å². The second-order valence-corrected chi connectivity index (χ2v) is 6.30. The predicted octanol–water partition coefficient (Wildman–Crippen LogP) is 5.08. The molecule has 0 heterocycles. The third kappa shape index (κ3) is 7.97. The molecule has 2 aromatic rings. The van der Waals surface area contributed by atoms with E-state index in [1.807, 2.05) is 54.6 Å². The highest BCUT2D eigenvalue weighted by atomic mass is 16.5. The van der Waals surface area contributed by atoms with E-state index in [0.29, 0.717) is 13.0 Å². The summed E-state index contributed by atoms with van der Waals surface area (Å²) in [6.45, 7) is 2.71. The maximum atomic E-state index is 11.7. The molecule has 0 radical (unpaired) electrons.